The van der Waals surface area contributed by atoms with E-state index in [0.29, 0.717) is 11.4 Å². The summed E-state index contributed by atoms with van der Waals surface area (Å²) in [4.78, 5) is 14.6. The van der Waals surface area contributed by atoms with E-state index in [4.69, 9.17) is 0 Å². The van der Waals surface area contributed by atoms with Gasteiger partial charge >= 0.3 is 5.69 Å². The number of thioether (sulfide) groups is 1. The molecule has 18 heavy (non-hydrogen) atoms. The van der Waals surface area contributed by atoms with E-state index >= 15 is 0 Å². The van der Waals surface area contributed by atoms with Crippen LogP contribution in [0.25, 0.3) is 11.0 Å². The molecule has 0 unspecified atom stereocenters. The van der Waals surface area contributed by atoms with Gasteiger partial charge in [0, 0.05) is 6.54 Å². The Morgan fingerprint density at radius 1 is 1.39 bits per heavy atom. The second-order valence-corrected chi connectivity index (χ2v) is 5.98. The first-order valence-electron chi connectivity index (χ1n) is 6.20. The molecule has 0 bridgehead atoms. The number of aromatic amines is 1. The second kappa shape index (κ2) is 4.80. The smallest absolute Gasteiger partial charge is 0.305 e. The van der Waals surface area contributed by atoms with Crippen molar-refractivity contribution in [3.63, 3.8) is 0 Å². The van der Waals surface area contributed by atoms with Gasteiger partial charge in [-0.25, -0.2) is 9.18 Å². The van der Waals surface area contributed by atoms with Crippen molar-refractivity contribution >= 4 is 22.8 Å². The van der Waals surface area contributed by atoms with Gasteiger partial charge in [-0.3, -0.25) is 4.57 Å². The maximum atomic E-state index is 13.1. The molecular formula is C13H15FN2OS. The van der Waals surface area contributed by atoms with Crippen LogP contribution in [-0.2, 0) is 6.54 Å². The standard InChI is InChI=1S/C13H15FN2OS/c14-10-1-2-12-11(7-10)15-13(17)16(12)8-9-3-5-18-6-4-9/h1-2,7,9H,3-6,8H2,(H,15,17). The Morgan fingerprint density at radius 3 is 2.94 bits per heavy atom. The average molecular weight is 266 g/mol. The van der Waals surface area contributed by atoms with Crippen molar-refractivity contribution in [2.45, 2.75) is 19.4 Å². The molecule has 1 N–H and O–H groups in total. The molecule has 0 radical (unpaired) electrons. The van der Waals surface area contributed by atoms with Crippen LogP contribution >= 0.6 is 11.8 Å². The number of H-pyrrole nitrogens is 1. The highest BCUT2D eigenvalue weighted by Gasteiger charge is 2.17. The molecule has 3 nitrogen and oxygen atoms in total. The van der Waals surface area contributed by atoms with E-state index in [2.05, 4.69) is 4.98 Å². The summed E-state index contributed by atoms with van der Waals surface area (Å²) in [7, 11) is 0. The lowest BCUT2D eigenvalue weighted by atomic mass is 10.0. The summed E-state index contributed by atoms with van der Waals surface area (Å²) in [5.74, 6) is 2.60. The molecule has 1 saturated heterocycles. The molecule has 3 rings (SSSR count). The first-order chi connectivity index (χ1) is 8.74. The SMILES string of the molecule is O=c1[nH]c2cc(F)ccc2n1CC1CCSCC1. The third kappa shape index (κ3) is 2.19. The molecule has 1 aliphatic heterocycles. The molecule has 2 aromatic rings. The Bertz CT molecular complexity index is 613. The van der Waals surface area contributed by atoms with Crippen LogP contribution in [0.1, 0.15) is 12.8 Å². The fourth-order valence-electron chi connectivity index (χ4n) is 2.50. The average Bonchev–Trinajstić information content (AvgIpc) is 2.66. The van der Waals surface area contributed by atoms with E-state index in [1.54, 1.807) is 10.6 Å². The number of imidazole rings is 1. The molecule has 0 saturated carbocycles. The molecular weight excluding hydrogens is 251 g/mol. The van der Waals surface area contributed by atoms with Gasteiger partial charge in [0.15, 0.2) is 0 Å². The Hall–Kier alpha value is -1.23. The number of rotatable bonds is 2. The van der Waals surface area contributed by atoms with Crippen molar-refractivity contribution in [2.75, 3.05) is 11.5 Å². The molecule has 2 heterocycles. The number of halogens is 1. The summed E-state index contributed by atoms with van der Waals surface area (Å²) in [6.07, 6.45) is 2.32. The lowest BCUT2D eigenvalue weighted by molar-refractivity contribution is 0.417. The normalized spacial score (nSPS) is 17.4. The van der Waals surface area contributed by atoms with Crippen LogP contribution in [0, 0.1) is 11.7 Å². The van der Waals surface area contributed by atoms with Gasteiger partial charge in [-0.2, -0.15) is 11.8 Å². The minimum atomic E-state index is -0.315. The number of fused-ring (bicyclic) bond motifs is 1. The van der Waals surface area contributed by atoms with Crippen LogP contribution in [0.15, 0.2) is 23.0 Å². The van der Waals surface area contributed by atoms with Crippen LogP contribution < -0.4 is 5.69 Å². The maximum absolute atomic E-state index is 13.1. The number of nitrogens with one attached hydrogen (secondary N) is 1. The highest BCUT2D eigenvalue weighted by atomic mass is 32.2. The monoisotopic (exact) mass is 266 g/mol. The molecule has 1 aromatic heterocycles. The highest BCUT2D eigenvalue weighted by Crippen LogP contribution is 2.24. The molecule has 1 fully saturated rings. The molecule has 96 valence electrons. The summed E-state index contributed by atoms with van der Waals surface area (Å²) in [6, 6.07) is 4.47. The third-order valence-corrected chi connectivity index (χ3v) is 4.57. The molecule has 0 spiro atoms. The topological polar surface area (TPSA) is 37.8 Å². The van der Waals surface area contributed by atoms with Gasteiger partial charge in [0.2, 0.25) is 0 Å². The zero-order valence-electron chi connectivity index (χ0n) is 9.99. The predicted molar refractivity (Wildman–Crippen MR) is 72.6 cm³/mol. The Morgan fingerprint density at radius 2 is 2.17 bits per heavy atom. The minimum absolute atomic E-state index is 0.131. The number of hydrogen-bond donors (Lipinski definition) is 1. The quantitative estimate of drug-likeness (QED) is 0.907. The van der Waals surface area contributed by atoms with E-state index in [9.17, 15) is 9.18 Å². The van der Waals surface area contributed by atoms with Gasteiger partial charge in [0.1, 0.15) is 5.82 Å². The fraction of sp³-hybridized carbons (Fsp3) is 0.462. The van der Waals surface area contributed by atoms with Crippen molar-refractivity contribution in [1.82, 2.24) is 9.55 Å². The van der Waals surface area contributed by atoms with Crippen LogP contribution in [0.2, 0.25) is 0 Å². The van der Waals surface area contributed by atoms with Crippen LogP contribution in [-0.4, -0.2) is 21.1 Å². The number of aromatic nitrogens is 2. The largest absolute Gasteiger partial charge is 0.326 e. The predicted octanol–water partition coefficient (Wildman–Crippen LogP) is 2.61. The van der Waals surface area contributed by atoms with Crippen molar-refractivity contribution in [1.29, 1.82) is 0 Å². The van der Waals surface area contributed by atoms with E-state index in [1.807, 2.05) is 11.8 Å². The van der Waals surface area contributed by atoms with Crippen LogP contribution in [0.3, 0.4) is 0 Å². The first kappa shape index (κ1) is 11.8. The molecule has 1 aromatic carbocycles. The zero-order valence-corrected chi connectivity index (χ0v) is 10.8. The maximum Gasteiger partial charge on any atom is 0.326 e. The summed E-state index contributed by atoms with van der Waals surface area (Å²) in [5.41, 5.74) is 1.26. The number of nitrogens with zero attached hydrogens (tertiary/aromatic N) is 1. The van der Waals surface area contributed by atoms with Gasteiger partial charge in [-0.15, -0.1) is 0 Å². The highest BCUT2D eigenvalue weighted by molar-refractivity contribution is 7.99. The summed E-state index contributed by atoms with van der Waals surface area (Å²) < 4.78 is 14.8. The van der Waals surface area contributed by atoms with Gasteiger partial charge in [0.05, 0.1) is 11.0 Å². The van der Waals surface area contributed by atoms with E-state index < -0.39 is 0 Å². The Kier molecular flexibility index (Phi) is 3.16. The fourth-order valence-corrected chi connectivity index (χ4v) is 3.71. The van der Waals surface area contributed by atoms with E-state index in [0.717, 1.165) is 24.9 Å². The Balaban J connectivity index is 1.95. The third-order valence-electron chi connectivity index (χ3n) is 3.52. The second-order valence-electron chi connectivity index (χ2n) is 4.76. The molecule has 1 aliphatic rings. The summed E-state index contributed by atoms with van der Waals surface area (Å²) >= 11 is 1.98. The van der Waals surface area contributed by atoms with Crippen molar-refractivity contribution < 1.29 is 4.39 Å². The molecule has 5 heteroatoms. The zero-order chi connectivity index (χ0) is 12.5. The summed E-state index contributed by atoms with van der Waals surface area (Å²) in [5, 5.41) is 0. The molecule has 0 amide bonds. The van der Waals surface area contributed by atoms with Gasteiger partial charge in [-0.05, 0) is 48.5 Å². The van der Waals surface area contributed by atoms with E-state index in [1.165, 1.54) is 23.6 Å². The summed E-state index contributed by atoms with van der Waals surface area (Å²) in [6.45, 7) is 0.741. The van der Waals surface area contributed by atoms with Gasteiger partial charge in [-0.1, -0.05) is 0 Å². The Labute approximate surface area is 108 Å². The van der Waals surface area contributed by atoms with Crippen molar-refractivity contribution in [3.8, 4) is 0 Å². The van der Waals surface area contributed by atoms with Gasteiger partial charge < -0.3 is 4.98 Å². The minimum Gasteiger partial charge on any atom is -0.305 e. The van der Waals surface area contributed by atoms with Crippen LogP contribution in [0.4, 0.5) is 4.39 Å². The lowest BCUT2D eigenvalue weighted by Gasteiger charge is -2.21. The van der Waals surface area contributed by atoms with Crippen molar-refractivity contribution in [3.05, 3.63) is 34.5 Å². The van der Waals surface area contributed by atoms with Crippen LogP contribution in [0.5, 0.6) is 0 Å². The molecule has 0 atom stereocenters. The number of hydrogen-bond acceptors (Lipinski definition) is 2. The molecule has 0 aliphatic carbocycles. The van der Waals surface area contributed by atoms with Gasteiger partial charge in [0.25, 0.3) is 0 Å². The van der Waals surface area contributed by atoms with Crippen molar-refractivity contribution in [2.24, 2.45) is 5.92 Å². The first-order valence-corrected chi connectivity index (χ1v) is 7.35. The van der Waals surface area contributed by atoms with E-state index in [-0.39, 0.29) is 11.5 Å². The lowest BCUT2D eigenvalue weighted by Crippen LogP contribution is -2.23. The number of benzene rings is 1.